The van der Waals surface area contributed by atoms with Gasteiger partial charge in [0.05, 0.1) is 0 Å². The largest absolute Gasteiger partial charge is 0.187 e. The van der Waals surface area contributed by atoms with E-state index in [4.69, 9.17) is 0 Å². The van der Waals surface area contributed by atoms with Crippen molar-refractivity contribution < 1.29 is 0 Å². The summed E-state index contributed by atoms with van der Waals surface area (Å²) in [5.74, 6) is 0. The Morgan fingerprint density at radius 3 is 2.55 bits per heavy atom. The lowest BCUT2D eigenvalue weighted by molar-refractivity contribution is 0.651. The summed E-state index contributed by atoms with van der Waals surface area (Å²) in [5.41, 5.74) is 1.69. The molecule has 0 bridgehead atoms. The van der Waals surface area contributed by atoms with Crippen LogP contribution in [0.1, 0.15) is 18.3 Å². The Bertz CT molecular complexity index is 284. The van der Waals surface area contributed by atoms with Crippen LogP contribution >= 0.6 is 0 Å². The van der Waals surface area contributed by atoms with E-state index in [9.17, 15) is 0 Å². The molecule has 1 heterocycles. The van der Waals surface area contributed by atoms with Crippen molar-refractivity contribution in [2.75, 3.05) is 0 Å². The molecule has 0 atom stereocenters. The monoisotopic (exact) mass is 149 g/mol. The smallest absolute Gasteiger partial charge is 0.112 e. The average Bonchev–Trinajstić information content (AvgIpc) is 2.32. The van der Waals surface area contributed by atoms with Crippen LogP contribution in [-0.4, -0.2) is 15.0 Å². The van der Waals surface area contributed by atoms with Crippen molar-refractivity contribution in [1.29, 1.82) is 0 Å². The van der Waals surface area contributed by atoms with E-state index in [1.807, 2.05) is 19.1 Å². The first-order valence-corrected chi connectivity index (χ1v) is 3.44. The Morgan fingerprint density at radius 1 is 1.36 bits per heavy atom. The maximum absolute atomic E-state index is 4.12. The standard InChI is InChI=1S/C8H11N3/c1-4-6-8-7(5-2)9-11(3)10-8/h4-6H,2H2,1,3H3/b6-4-. The van der Waals surface area contributed by atoms with Gasteiger partial charge in [-0.3, -0.25) is 0 Å². The third-order valence-corrected chi connectivity index (χ3v) is 1.29. The highest BCUT2D eigenvalue weighted by Gasteiger charge is 2.00. The van der Waals surface area contributed by atoms with Gasteiger partial charge in [0.2, 0.25) is 0 Å². The van der Waals surface area contributed by atoms with Crippen LogP contribution in [0, 0.1) is 0 Å². The van der Waals surface area contributed by atoms with Crippen molar-refractivity contribution in [3.63, 3.8) is 0 Å². The fraction of sp³-hybridized carbons (Fsp3) is 0.250. The van der Waals surface area contributed by atoms with Crippen molar-refractivity contribution in [3.8, 4) is 0 Å². The number of hydrogen-bond acceptors (Lipinski definition) is 2. The highest BCUT2D eigenvalue weighted by atomic mass is 15.5. The Kier molecular flexibility index (Phi) is 2.21. The fourth-order valence-corrected chi connectivity index (χ4v) is 0.859. The molecule has 0 aromatic carbocycles. The van der Waals surface area contributed by atoms with E-state index in [-0.39, 0.29) is 0 Å². The quantitative estimate of drug-likeness (QED) is 0.637. The van der Waals surface area contributed by atoms with Gasteiger partial charge in [-0.1, -0.05) is 12.7 Å². The van der Waals surface area contributed by atoms with Crippen molar-refractivity contribution in [3.05, 3.63) is 24.0 Å². The molecule has 0 aliphatic rings. The Balaban J connectivity index is 3.11. The molecule has 0 unspecified atom stereocenters. The van der Waals surface area contributed by atoms with Crippen LogP contribution in [0.5, 0.6) is 0 Å². The second-order valence-corrected chi connectivity index (χ2v) is 2.16. The summed E-state index contributed by atoms with van der Waals surface area (Å²) in [6.07, 6.45) is 5.53. The maximum atomic E-state index is 4.12. The summed E-state index contributed by atoms with van der Waals surface area (Å²) in [4.78, 5) is 1.53. The highest BCUT2D eigenvalue weighted by molar-refractivity contribution is 5.57. The van der Waals surface area contributed by atoms with Crippen LogP contribution in [-0.2, 0) is 7.05 Å². The summed E-state index contributed by atoms with van der Waals surface area (Å²) < 4.78 is 0. The molecule has 0 amide bonds. The van der Waals surface area contributed by atoms with Gasteiger partial charge in [0.15, 0.2) is 0 Å². The molecule has 1 rings (SSSR count). The second kappa shape index (κ2) is 3.14. The van der Waals surface area contributed by atoms with Crippen molar-refractivity contribution in [2.24, 2.45) is 7.05 Å². The van der Waals surface area contributed by atoms with Crippen molar-refractivity contribution in [1.82, 2.24) is 15.0 Å². The van der Waals surface area contributed by atoms with Gasteiger partial charge in [-0.25, -0.2) is 0 Å². The van der Waals surface area contributed by atoms with Crippen LogP contribution in [0.4, 0.5) is 0 Å². The van der Waals surface area contributed by atoms with E-state index in [2.05, 4.69) is 16.8 Å². The summed E-state index contributed by atoms with van der Waals surface area (Å²) >= 11 is 0. The zero-order valence-electron chi connectivity index (χ0n) is 6.78. The summed E-state index contributed by atoms with van der Waals surface area (Å²) in [6.45, 7) is 5.58. The molecule has 0 radical (unpaired) electrons. The molecule has 0 aliphatic heterocycles. The summed E-state index contributed by atoms with van der Waals surface area (Å²) in [6, 6.07) is 0. The zero-order chi connectivity index (χ0) is 8.27. The number of nitrogens with zero attached hydrogens (tertiary/aromatic N) is 3. The number of rotatable bonds is 2. The van der Waals surface area contributed by atoms with Gasteiger partial charge in [0, 0.05) is 7.05 Å². The Labute approximate surface area is 66.0 Å². The lowest BCUT2D eigenvalue weighted by Gasteiger charge is -1.81. The topological polar surface area (TPSA) is 30.7 Å². The van der Waals surface area contributed by atoms with Crippen molar-refractivity contribution in [2.45, 2.75) is 6.92 Å². The lowest BCUT2D eigenvalue weighted by Crippen LogP contribution is -1.91. The van der Waals surface area contributed by atoms with Crippen molar-refractivity contribution >= 4 is 12.2 Å². The molecule has 0 aliphatic carbocycles. The van der Waals surface area contributed by atoms with E-state index in [0.717, 1.165) is 11.4 Å². The molecule has 3 nitrogen and oxygen atoms in total. The van der Waals surface area contributed by atoms with Gasteiger partial charge in [-0.15, -0.1) is 0 Å². The molecule has 0 N–H and O–H groups in total. The molecule has 1 aromatic heterocycles. The third-order valence-electron chi connectivity index (χ3n) is 1.29. The van der Waals surface area contributed by atoms with E-state index in [0.29, 0.717) is 0 Å². The first-order valence-electron chi connectivity index (χ1n) is 3.44. The van der Waals surface area contributed by atoms with Crippen LogP contribution < -0.4 is 0 Å². The molecular weight excluding hydrogens is 138 g/mol. The average molecular weight is 149 g/mol. The molecule has 0 spiro atoms. The maximum Gasteiger partial charge on any atom is 0.112 e. The van der Waals surface area contributed by atoms with Gasteiger partial charge in [-0.05, 0) is 19.1 Å². The van der Waals surface area contributed by atoms with Gasteiger partial charge < -0.3 is 0 Å². The number of aromatic nitrogens is 3. The first kappa shape index (κ1) is 7.72. The normalized spacial score (nSPS) is 10.7. The zero-order valence-corrected chi connectivity index (χ0v) is 6.78. The molecule has 0 saturated carbocycles. The Morgan fingerprint density at radius 2 is 2.00 bits per heavy atom. The molecule has 1 aromatic rings. The van der Waals surface area contributed by atoms with Crippen LogP contribution in [0.15, 0.2) is 12.7 Å². The number of allylic oxidation sites excluding steroid dienone is 1. The Hall–Kier alpha value is -1.38. The number of aryl methyl sites for hydroxylation is 1. The van der Waals surface area contributed by atoms with E-state index in [1.165, 1.54) is 4.80 Å². The van der Waals surface area contributed by atoms with Gasteiger partial charge in [-0.2, -0.15) is 15.0 Å². The molecule has 58 valence electrons. The van der Waals surface area contributed by atoms with Gasteiger partial charge in [0.25, 0.3) is 0 Å². The van der Waals surface area contributed by atoms with Crippen LogP contribution in [0.3, 0.4) is 0 Å². The molecule has 0 fully saturated rings. The number of hydrogen-bond donors (Lipinski definition) is 0. The van der Waals surface area contributed by atoms with E-state index < -0.39 is 0 Å². The molecule has 3 heteroatoms. The molecule has 11 heavy (non-hydrogen) atoms. The van der Waals surface area contributed by atoms with Gasteiger partial charge >= 0.3 is 0 Å². The minimum atomic E-state index is 0.825. The second-order valence-electron chi connectivity index (χ2n) is 2.16. The fourth-order valence-electron chi connectivity index (χ4n) is 0.859. The third kappa shape index (κ3) is 1.55. The summed E-state index contributed by atoms with van der Waals surface area (Å²) in [7, 11) is 1.79. The van der Waals surface area contributed by atoms with Gasteiger partial charge in [0.1, 0.15) is 11.4 Å². The SMILES string of the molecule is C=Cc1nn(C)nc1/C=C\C. The predicted molar refractivity (Wildman–Crippen MR) is 45.8 cm³/mol. The predicted octanol–water partition coefficient (Wildman–Crippen LogP) is 1.49. The minimum absolute atomic E-state index is 0.825. The minimum Gasteiger partial charge on any atom is -0.187 e. The molecule has 0 saturated heterocycles. The van der Waals surface area contributed by atoms with Crippen LogP contribution in [0.2, 0.25) is 0 Å². The van der Waals surface area contributed by atoms with Crippen LogP contribution in [0.25, 0.3) is 12.2 Å². The first-order chi connectivity index (χ1) is 5.27. The van der Waals surface area contributed by atoms with E-state index in [1.54, 1.807) is 13.1 Å². The lowest BCUT2D eigenvalue weighted by atomic mass is 10.3. The molecular formula is C8H11N3. The summed E-state index contributed by atoms with van der Waals surface area (Å²) in [5, 5.41) is 8.20. The van der Waals surface area contributed by atoms with E-state index >= 15 is 0 Å². The highest BCUT2D eigenvalue weighted by Crippen LogP contribution is 2.05.